The molecule has 3 aromatic rings. The zero-order chi connectivity index (χ0) is 16.2. The number of benzene rings is 2. The van der Waals surface area contributed by atoms with Gasteiger partial charge in [-0.1, -0.05) is 58.0 Å². The SMILES string of the molecule is O=[N+]([O-])c1cn(-c2ccc(Br)cc2)nc1SCc1ccccc1. The molecule has 0 bridgehead atoms. The summed E-state index contributed by atoms with van der Waals surface area (Å²) in [7, 11) is 0. The van der Waals surface area contributed by atoms with Gasteiger partial charge in [-0.15, -0.1) is 0 Å². The number of aromatic nitrogens is 2. The molecule has 0 atom stereocenters. The van der Waals surface area contributed by atoms with Gasteiger partial charge in [0.25, 0.3) is 0 Å². The van der Waals surface area contributed by atoms with Crippen LogP contribution in [0.2, 0.25) is 0 Å². The minimum absolute atomic E-state index is 0.0221. The molecule has 0 amide bonds. The highest BCUT2D eigenvalue weighted by Crippen LogP contribution is 2.31. The summed E-state index contributed by atoms with van der Waals surface area (Å²) in [6.45, 7) is 0. The van der Waals surface area contributed by atoms with E-state index >= 15 is 0 Å². The lowest BCUT2D eigenvalue weighted by atomic mass is 10.2. The van der Waals surface area contributed by atoms with E-state index in [1.807, 2.05) is 54.6 Å². The van der Waals surface area contributed by atoms with Crippen molar-refractivity contribution in [3.63, 3.8) is 0 Å². The molecule has 0 N–H and O–H groups in total. The summed E-state index contributed by atoms with van der Waals surface area (Å²) in [5.41, 5.74) is 1.90. The van der Waals surface area contributed by atoms with Crippen molar-refractivity contribution >= 4 is 33.4 Å². The number of hydrogen-bond acceptors (Lipinski definition) is 4. The lowest BCUT2D eigenvalue weighted by Gasteiger charge is -2.00. The summed E-state index contributed by atoms with van der Waals surface area (Å²) in [5, 5.41) is 16.1. The molecule has 0 saturated heterocycles. The molecule has 0 saturated carbocycles. The van der Waals surface area contributed by atoms with Crippen LogP contribution in [-0.4, -0.2) is 14.7 Å². The van der Waals surface area contributed by atoms with Gasteiger partial charge in [-0.2, -0.15) is 5.10 Å². The van der Waals surface area contributed by atoms with E-state index in [4.69, 9.17) is 0 Å². The van der Waals surface area contributed by atoms with Crippen molar-refractivity contribution in [1.29, 1.82) is 0 Å². The largest absolute Gasteiger partial charge is 0.321 e. The molecule has 0 spiro atoms. The van der Waals surface area contributed by atoms with E-state index in [0.29, 0.717) is 10.8 Å². The maximum atomic E-state index is 11.3. The van der Waals surface area contributed by atoms with Gasteiger partial charge in [0.15, 0.2) is 5.03 Å². The Morgan fingerprint density at radius 1 is 1.13 bits per heavy atom. The predicted octanol–water partition coefficient (Wildman–Crippen LogP) is 4.84. The Labute approximate surface area is 145 Å². The average Bonchev–Trinajstić information content (AvgIpc) is 2.99. The molecule has 0 fully saturated rings. The number of thioether (sulfide) groups is 1. The van der Waals surface area contributed by atoms with Crippen molar-refractivity contribution in [3.05, 3.63) is 80.9 Å². The highest BCUT2D eigenvalue weighted by Gasteiger charge is 2.20. The Hall–Kier alpha value is -2.12. The third kappa shape index (κ3) is 3.80. The van der Waals surface area contributed by atoms with Gasteiger partial charge in [-0.3, -0.25) is 10.1 Å². The summed E-state index contributed by atoms with van der Waals surface area (Å²) in [5.74, 6) is 0.638. The summed E-state index contributed by atoms with van der Waals surface area (Å²) < 4.78 is 2.49. The molecular weight excluding hydrogens is 378 g/mol. The quantitative estimate of drug-likeness (QED) is 0.356. The van der Waals surface area contributed by atoms with E-state index in [2.05, 4.69) is 21.0 Å². The first kappa shape index (κ1) is 15.8. The first-order valence-electron chi connectivity index (χ1n) is 6.80. The molecule has 7 heteroatoms. The maximum Gasteiger partial charge on any atom is 0.321 e. The summed E-state index contributed by atoms with van der Waals surface area (Å²) in [4.78, 5) is 10.9. The third-order valence-corrected chi connectivity index (χ3v) is 4.74. The molecule has 0 aliphatic carbocycles. The Morgan fingerprint density at radius 2 is 1.83 bits per heavy atom. The van der Waals surface area contributed by atoms with Crippen molar-refractivity contribution in [2.24, 2.45) is 0 Å². The van der Waals surface area contributed by atoms with E-state index in [1.54, 1.807) is 0 Å². The predicted molar refractivity (Wildman–Crippen MR) is 93.9 cm³/mol. The second-order valence-corrected chi connectivity index (χ2v) is 6.65. The molecule has 1 heterocycles. The van der Waals surface area contributed by atoms with E-state index in [0.717, 1.165) is 15.7 Å². The lowest BCUT2D eigenvalue weighted by Crippen LogP contribution is -1.94. The number of rotatable bonds is 5. The standard InChI is InChI=1S/C16H12BrN3O2S/c17-13-6-8-14(9-7-13)19-10-15(20(21)22)16(18-19)23-11-12-4-2-1-3-5-12/h1-10H,11H2. The minimum Gasteiger partial charge on any atom is -0.258 e. The smallest absolute Gasteiger partial charge is 0.258 e. The molecule has 23 heavy (non-hydrogen) atoms. The Kier molecular flexibility index (Phi) is 4.78. The van der Waals surface area contributed by atoms with Crippen molar-refractivity contribution in [2.75, 3.05) is 0 Å². The number of nitro groups is 1. The first-order chi connectivity index (χ1) is 11.1. The van der Waals surface area contributed by atoms with E-state index in [-0.39, 0.29) is 5.69 Å². The third-order valence-electron chi connectivity index (χ3n) is 3.17. The first-order valence-corrected chi connectivity index (χ1v) is 8.58. The van der Waals surface area contributed by atoms with Crippen LogP contribution >= 0.6 is 27.7 Å². The molecule has 0 aliphatic heterocycles. The normalized spacial score (nSPS) is 10.7. The van der Waals surface area contributed by atoms with Crippen LogP contribution in [0.15, 0.2) is 70.3 Å². The molecule has 2 aromatic carbocycles. The van der Waals surface area contributed by atoms with Crippen molar-refractivity contribution in [2.45, 2.75) is 10.8 Å². The fourth-order valence-electron chi connectivity index (χ4n) is 2.03. The van der Waals surface area contributed by atoms with Crippen LogP contribution in [0.4, 0.5) is 5.69 Å². The van der Waals surface area contributed by atoms with Gasteiger partial charge >= 0.3 is 5.69 Å². The number of halogens is 1. The summed E-state index contributed by atoms with van der Waals surface area (Å²) >= 11 is 4.73. The fourth-order valence-corrected chi connectivity index (χ4v) is 3.21. The van der Waals surface area contributed by atoms with Crippen LogP contribution in [0, 0.1) is 10.1 Å². The molecule has 0 unspecified atom stereocenters. The van der Waals surface area contributed by atoms with Crippen LogP contribution in [0.25, 0.3) is 5.69 Å². The molecular formula is C16H12BrN3O2S. The second kappa shape index (κ2) is 6.97. The van der Waals surface area contributed by atoms with Gasteiger partial charge in [0, 0.05) is 10.2 Å². The molecule has 5 nitrogen and oxygen atoms in total. The minimum atomic E-state index is -0.393. The van der Waals surface area contributed by atoms with Gasteiger partial charge < -0.3 is 0 Å². The van der Waals surface area contributed by atoms with Gasteiger partial charge in [0.1, 0.15) is 6.20 Å². The highest BCUT2D eigenvalue weighted by atomic mass is 79.9. The molecule has 3 rings (SSSR count). The van der Waals surface area contributed by atoms with Crippen molar-refractivity contribution in [1.82, 2.24) is 9.78 Å². The second-order valence-electron chi connectivity index (χ2n) is 4.77. The summed E-state index contributed by atoms with van der Waals surface area (Å²) in [6.07, 6.45) is 1.45. The maximum absolute atomic E-state index is 11.3. The molecule has 0 aliphatic rings. The van der Waals surface area contributed by atoms with Gasteiger partial charge in [0.2, 0.25) is 0 Å². The Morgan fingerprint density at radius 3 is 2.48 bits per heavy atom. The zero-order valence-corrected chi connectivity index (χ0v) is 14.3. The van der Waals surface area contributed by atoms with Crippen molar-refractivity contribution < 1.29 is 4.92 Å². The van der Waals surface area contributed by atoms with Crippen molar-refractivity contribution in [3.8, 4) is 5.69 Å². The topological polar surface area (TPSA) is 61.0 Å². The number of nitrogens with zero attached hydrogens (tertiary/aromatic N) is 3. The van der Waals surface area contributed by atoms with E-state index < -0.39 is 4.92 Å². The van der Waals surface area contributed by atoms with Crippen LogP contribution in [0.5, 0.6) is 0 Å². The van der Waals surface area contributed by atoms with Crippen LogP contribution < -0.4 is 0 Å². The van der Waals surface area contributed by atoms with Gasteiger partial charge in [-0.25, -0.2) is 4.68 Å². The molecule has 116 valence electrons. The van der Waals surface area contributed by atoms with E-state index in [1.165, 1.54) is 22.6 Å². The zero-order valence-electron chi connectivity index (χ0n) is 11.9. The van der Waals surface area contributed by atoms with Crippen LogP contribution in [0.1, 0.15) is 5.56 Å². The Balaban J connectivity index is 1.87. The number of hydrogen-bond donors (Lipinski definition) is 0. The molecule has 1 aromatic heterocycles. The van der Waals surface area contributed by atoms with Crippen LogP contribution in [0.3, 0.4) is 0 Å². The molecule has 0 radical (unpaired) electrons. The van der Waals surface area contributed by atoms with Crippen LogP contribution in [-0.2, 0) is 5.75 Å². The van der Waals surface area contributed by atoms with Gasteiger partial charge in [-0.05, 0) is 29.8 Å². The van der Waals surface area contributed by atoms with Gasteiger partial charge in [0.05, 0.1) is 10.6 Å². The fraction of sp³-hybridized carbons (Fsp3) is 0.0625. The lowest BCUT2D eigenvalue weighted by molar-refractivity contribution is -0.387. The highest BCUT2D eigenvalue weighted by molar-refractivity contribution is 9.10. The monoisotopic (exact) mass is 389 g/mol. The summed E-state index contributed by atoms with van der Waals surface area (Å²) in [6, 6.07) is 17.3. The average molecular weight is 390 g/mol. The van der Waals surface area contributed by atoms with E-state index in [9.17, 15) is 10.1 Å². The Bertz CT molecular complexity index is 819.